The van der Waals surface area contributed by atoms with E-state index in [-0.39, 0.29) is 0 Å². The molecular formula is C15H10Br2N2O. The van der Waals surface area contributed by atoms with E-state index < -0.39 is 0 Å². The fraction of sp³-hybridized carbons (Fsp3) is 0.0667. The van der Waals surface area contributed by atoms with Crippen LogP contribution in [0.3, 0.4) is 0 Å². The van der Waals surface area contributed by atoms with E-state index >= 15 is 0 Å². The molecule has 100 valence electrons. The normalized spacial score (nSPS) is 11.0. The van der Waals surface area contributed by atoms with E-state index in [1.807, 2.05) is 24.3 Å². The van der Waals surface area contributed by atoms with Crippen LogP contribution in [0.1, 0.15) is 11.1 Å². The molecule has 5 heteroatoms. The van der Waals surface area contributed by atoms with Crippen LogP contribution < -0.4 is 4.74 Å². The third kappa shape index (κ3) is 3.27. The fourth-order valence-corrected chi connectivity index (χ4v) is 3.27. The van der Waals surface area contributed by atoms with Gasteiger partial charge in [-0.1, -0.05) is 6.07 Å². The smallest absolute Gasteiger partial charge is 0.147 e. The van der Waals surface area contributed by atoms with Crippen molar-refractivity contribution in [3.63, 3.8) is 0 Å². The predicted octanol–water partition coefficient (Wildman–Crippen LogP) is 4.68. The number of hydrogen-bond donors (Lipinski definition) is 0. The highest BCUT2D eigenvalue weighted by atomic mass is 79.9. The molecule has 3 nitrogen and oxygen atoms in total. The number of rotatable bonds is 3. The zero-order valence-corrected chi connectivity index (χ0v) is 13.8. The Morgan fingerprint density at radius 2 is 2.05 bits per heavy atom. The molecule has 0 saturated carbocycles. The van der Waals surface area contributed by atoms with Crippen molar-refractivity contribution in [3.8, 4) is 11.8 Å². The molecule has 0 saturated heterocycles. The van der Waals surface area contributed by atoms with E-state index in [1.54, 1.807) is 25.6 Å². The summed E-state index contributed by atoms with van der Waals surface area (Å²) in [5.74, 6) is 0.724. The largest absolute Gasteiger partial charge is 0.494 e. The molecule has 1 heterocycles. The zero-order valence-electron chi connectivity index (χ0n) is 10.6. The standard InChI is InChI=1S/C15H10Br2N2O/c1-20-15-13(16)6-10(7-14(15)17)5-12(8-18)11-3-2-4-19-9-11/h2-7,9H,1H3/b12-5-. The van der Waals surface area contributed by atoms with Gasteiger partial charge in [0.25, 0.3) is 0 Å². The van der Waals surface area contributed by atoms with Gasteiger partial charge in [-0.15, -0.1) is 0 Å². The van der Waals surface area contributed by atoms with E-state index in [0.29, 0.717) is 5.57 Å². The van der Waals surface area contributed by atoms with Crippen LogP contribution in [0.25, 0.3) is 11.6 Å². The van der Waals surface area contributed by atoms with Gasteiger partial charge >= 0.3 is 0 Å². The summed E-state index contributed by atoms with van der Waals surface area (Å²) in [6.07, 6.45) is 5.16. The Hall–Kier alpha value is -1.64. The van der Waals surface area contributed by atoms with Gasteiger partial charge in [-0.25, -0.2) is 0 Å². The van der Waals surface area contributed by atoms with Crippen molar-refractivity contribution in [3.05, 3.63) is 56.7 Å². The fourth-order valence-electron chi connectivity index (χ4n) is 1.73. The second-order valence-corrected chi connectivity index (χ2v) is 5.64. The number of ether oxygens (including phenoxy) is 1. The highest BCUT2D eigenvalue weighted by molar-refractivity contribution is 9.11. The molecule has 0 atom stereocenters. The molecule has 2 aromatic rings. The molecule has 20 heavy (non-hydrogen) atoms. The van der Waals surface area contributed by atoms with Crippen molar-refractivity contribution < 1.29 is 4.74 Å². The summed E-state index contributed by atoms with van der Waals surface area (Å²) in [5.41, 5.74) is 2.24. The van der Waals surface area contributed by atoms with Crippen molar-refractivity contribution in [2.24, 2.45) is 0 Å². The summed E-state index contributed by atoms with van der Waals surface area (Å²) >= 11 is 6.89. The molecular weight excluding hydrogens is 384 g/mol. The van der Waals surface area contributed by atoms with E-state index in [9.17, 15) is 5.26 Å². The van der Waals surface area contributed by atoms with Gasteiger partial charge in [0.1, 0.15) is 5.75 Å². The minimum absolute atomic E-state index is 0.557. The van der Waals surface area contributed by atoms with Crippen molar-refractivity contribution in [1.82, 2.24) is 4.98 Å². The maximum atomic E-state index is 9.29. The molecule has 0 amide bonds. The van der Waals surface area contributed by atoms with Crippen molar-refractivity contribution >= 4 is 43.5 Å². The second kappa shape index (κ2) is 6.69. The molecule has 1 aromatic heterocycles. The number of pyridine rings is 1. The van der Waals surface area contributed by atoms with Crippen LogP contribution in [0.5, 0.6) is 5.75 Å². The first-order valence-electron chi connectivity index (χ1n) is 5.71. The van der Waals surface area contributed by atoms with Gasteiger partial charge in [-0.3, -0.25) is 4.98 Å². The number of halogens is 2. The van der Waals surface area contributed by atoms with Gasteiger partial charge in [0, 0.05) is 18.0 Å². The quantitative estimate of drug-likeness (QED) is 0.711. The second-order valence-electron chi connectivity index (χ2n) is 3.93. The van der Waals surface area contributed by atoms with Crippen molar-refractivity contribution in [2.75, 3.05) is 7.11 Å². The lowest BCUT2D eigenvalue weighted by atomic mass is 10.1. The van der Waals surface area contributed by atoms with Crippen molar-refractivity contribution in [2.45, 2.75) is 0 Å². The van der Waals surface area contributed by atoms with Crippen LogP contribution in [-0.2, 0) is 0 Å². The van der Waals surface area contributed by atoms with Gasteiger partial charge in [-0.2, -0.15) is 5.26 Å². The number of nitriles is 1. The minimum Gasteiger partial charge on any atom is -0.494 e. The topological polar surface area (TPSA) is 45.9 Å². The number of nitrogens with zero attached hydrogens (tertiary/aromatic N) is 2. The Morgan fingerprint density at radius 3 is 2.55 bits per heavy atom. The molecule has 0 aliphatic heterocycles. The number of hydrogen-bond acceptors (Lipinski definition) is 3. The molecule has 0 N–H and O–H groups in total. The monoisotopic (exact) mass is 392 g/mol. The average molecular weight is 394 g/mol. The molecule has 0 bridgehead atoms. The lowest BCUT2D eigenvalue weighted by molar-refractivity contribution is 0.409. The molecule has 0 spiro atoms. The van der Waals surface area contributed by atoms with E-state index in [1.165, 1.54) is 0 Å². The number of benzene rings is 1. The SMILES string of the molecule is COc1c(Br)cc(/C=C(/C#N)c2cccnc2)cc1Br. The molecule has 0 fully saturated rings. The third-order valence-electron chi connectivity index (χ3n) is 2.63. The Bertz CT molecular complexity index is 668. The van der Waals surface area contributed by atoms with Crippen LogP contribution in [-0.4, -0.2) is 12.1 Å². The van der Waals surface area contributed by atoms with Crippen LogP contribution in [0.4, 0.5) is 0 Å². The molecule has 0 unspecified atom stereocenters. The molecule has 0 aliphatic rings. The summed E-state index contributed by atoms with van der Waals surface area (Å²) in [5, 5.41) is 9.29. The molecule has 0 radical (unpaired) electrons. The van der Waals surface area contributed by atoms with Gasteiger partial charge < -0.3 is 4.74 Å². The molecule has 2 rings (SSSR count). The van der Waals surface area contributed by atoms with Gasteiger partial charge in [0.05, 0.1) is 27.7 Å². The maximum Gasteiger partial charge on any atom is 0.147 e. The van der Waals surface area contributed by atoms with Gasteiger partial charge in [0.2, 0.25) is 0 Å². The van der Waals surface area contributed by atoms with Gasteiger partial charge in [0.15, 0.2) is 0 Å². The third-order valence-corrected chi connectivity index (χ3v) is 3.81. The average Bonchev–Trinajstić information content (AvgIpc) is 2.45. The highest BCUT2D eigenvalue weighted by Crippen LogP contribution is 2.35. The van der Waals surface area contributed by atoms with Crippen LogP contribution in [0.15, 0.2) is 45.6 Å². The predicted molar refractivity (Wildman–Crippen MR) is 86.1 cm³/mol. The first-order valence-corrected chi connectivity index (χ1v) is 7.29. The Labute approximate surface area is 134 Å². The highest BCUT2D eigenvalue weighted by Gasteiger charge is 2.08. The molecule has 0 aliphatic carbocycles. The number of aromatic nitrogens is 1. The minimum atomic E-state index is 0.557. The van der Waals surface area contributed by atoms with Gasteiger partial charge in [-0.05, 0) is 61.7 Å². The summed E-state index contributed by atoms with van der Waals surface area (Å²) in [4.78, 5) is 4.03. The van der Waals surface area contributed by atoms with Crippen LogP contribution in [0.2, 0.25) is 0 Å². The lowest BCUT2D eigenvalue weighted by Gasteiger charge is -2.07. The number of methoxy groups -OCH3 is 1. The molecule has 1 aromatic carbocycles. The first kappa shape index (κ1) is 14.8. The van der Waals surface area contributed by atoms with Crippen molar-refractivity contribution in [1.29, 1.82) is 5.26 Å². The summed E-state index contributed by atoms with van der Waals surface area (Å²) in [6.45, 7) is 0. The van der Waals surface area contributed by atoms with Crippen LogP contribution in [0, 0.1) is 11.3 Å². The number of allylic oxidation sites excluding steroid dienone is 1. The Balaban J connectivity index is 2.47. The Kier molecular flexibility index (Phi) is 4.94. The van der Waals surface area contributed by atoms with E-state index in [2.05, 4.69) is 42.9 Å². The lowest BCUT2D eigenvalue weighted by Crippen LogP contribution is -1.88. The summed E-state index contributed by atoms with van der Waals surface area (Å²) in [6, 6.07) is 9.66. The summed E-state index contributed by atoms with van der Waals surface area (Å²) in [7, 11) is 1.61. The van der Waals surface area contributed by atoms with E-state index in [4.69, 9.17) is 4.74 Å². The first-order chi connectivity index (χ1) is 9.65. The summed E-state index contributed by atoms with van der Waals surface area (Å²) < 4.78 is 6.90. The zero-order chi connectivity index (χ0) is 14.5. The van der Waals surface area contributed by atoms with Crippen LogP contribution >= 0.6 is 31.9 Å². The van der Waals surface area contributed by atoms with E-state index in [0.717, 1.165) is 25.8 Å². The Morgan fingerprint density at radius 1 is 1.35 bits per heavy atom. The maximum absolute atomic E-state index is 9.29.